The molecule has 0 aliphatic rings. The van der Waals surface area contributed by atoms with E-state index in [4.69, 9.17) is 0 Å². The fourth-order valence-corrected chi connectivity index (χ4v) is 3.74. The number of hydrogen-bond acceptors (Lipinski definition) is 4. The minimum atomic E-state index is -0.0578. The molecule has 0 unspecified atom stereocenters. The average Bonchev–Trinajstić information content (AvgIpc) is 2.93. The van der Waals surface area contributed by atoms with E-state index in [0.717, 1.165) is 13.7 Å². The summed E-state index contributed by atoms with van der Waals surface area (Å²) in [7, 11) is 0. The minimum absolute atomic E-state index is 0.0121. The maximum absolute atomic E-state index is 12.0. The molecule has 19 heavy (non-hydrogen) atoms. The molecule has 6 heteroatoms. The van der Waals surface area contributed by atoms with Crippen LogP contribution in [0.3, 0.4) is 0 Å². The van der Waals surface area contributed by atoms with Crippen LogP contribution in [-0.2, 0) is 12.0 Å². The molecule has 0 aromatic carbocycles. The summed E-state index contributed by atoms with van der Waals surface area (Å²) >= 11 is 6.49. The normalized spacial score (nSPS) is 11.6. The summed E-state index contributed by atoms with van der Waals surface area (Å²) in [6.07, 6.45) is 1.66. The lowest BCUT2D eigenvalue weighted by Gasteiger charge is -2.13. The summed E-state index contributed by atoms with van der Waals surface area (Å²) in [5.74, 6) is -0.0578. The van der Waals surface area contributed by atoms with Gasteiger partial charge in [0.1, 0.15) is 4.88 Å². The molecule has 0 aliphatic heterocycles. The molecule has 2 heterocycles. The second-order valence-corrected chi connectivity index (χ2v) is 8.75. The number of halogens is 1. The third-order valence-electron chi connectivity index (χ3n) is 2.42. The quantitative estimate of drug-likeness (QED) is 0.893. The standard InChI is InChI=1S/C13H15BrN2OS2/c1-13(2,3)12-16-7-9(19-12)11(17)15-6-8-4-5-10(14)18-8/h4-5,7H,6H2,1-3H3,(H,15,17). The Balaban J connectivity index is 1.98. The third kappa shape index (κ3) is 3.87. The van der Waals surface area contributed by atoms with E-state index in [1.165, 1.54) is 11.3 Å². The number of aromatic nitrogens is 1. The summed E-state index contributed by atoms with van der Waals surface area (Å²) in [5, 5.41) is 3.90. The van der Waals surface area contributed by atoms with E-state index in [-0.39, 0.29) is 11.3 Å². The Morgan fingerprint density at radius 2 is 2.11 bits per heavy atom. The first-order valence-electron chi connectivity index (χ1n) is 5.85. The lowest BCUT2D eigenvalue weighted by Crippen LogP contribution is -2.21. The zero-order chi connectivity index (χ0) is 14.0. The molecule has 2 aromatic heterocycles. The molecule has 0 spiro atoms. The van der Waals surface area contributed by atoms with Gasteiger partial charge >= 0.3 is 0 Å². The highest BCUT2D eigenvalue weighted by atomic mass is 79.9. The third-order valence-corrected chi connectivity index (χ3v) is 5.47. The van der Waals surface area contributed by atoms with Crippen LogP contribution in [0.25, 0.3) is 0 Å². The number of hydrogen-bond donors (Lipinski definition) is 1. The molecule has 2 rings (SSSR count). The minimum Gasteiger partial charge on any atom is -0.346 e. The van der Waals surface area contributed by atoms with E-state index in [1.54, 1.807) is 17.5 Å². The summed E-state index contributed by atoms with van der Waals surface area (Å²) in [5.41, 5.74) is -0.0121. The molecule has 3 nitrogen and oxygen atoms in total. The van der Waals surface area contributed by atoms with Gasteiger partial charge in [-0.3, -0.25) is 4.79 Å². The van der Waals surface area contributed by atoms with Gasteiger partial charge < -0.3 is 5.32 Å². The van der Waals surface area contributed by atoms with Gasteiger partial charge in [-0.2, -0.15) is 0 Å². The molecule has 0 atom stereocenters. The van der Waals surface area contributed by atoms with Gasteiger partial charge in [0.25, 0.3) is 5.91 Å². The van der Waals surface area contributed by atoms with Gasteiger partial charge in [-0.05, 0) is 28.1 Å². The molecule has 0 saturated carbocycles. The Bertz CT molecular complexity index is 583. The Morgan fingerprint density at radius 1 is 1.37 bits per heavy atom. The van der Waals surface area contributed by atoms with Crippen LogP contribution in [0.2, 0.25) is 0 Å². The van der Waals surface area contributed by atoms with Crippen LogP contribution in [0.1, 0.15) is 40.3 Å². The van der Waals surface area contributed by atoms with Crippen molar-refractivity contribution in [3.05, 3.63) is 36.9 Å². The molecule has 0 fully saturated rings. The van der Waals surface area contributed by atoms with E-state index in [0.29, 0.717) is 11.4 Å². The van der Waals surface area contributed by atoms with Crippen molar-refractivity contribution >= 4 is 44.5 Å². The fourth-order valence-electron chi connectivity index (χ4n) is 1.43. The van der Waals surface area contributed by atoms with Crippen LogP contribution < -0.4 is 5.32 Å². The molecule has 0 radical (unpaired) electrons. The van der Waals surface area contributed by atoms with Crippen molar-refractivity contribution in [2.24, 2.45) is 0 Å². The molecule has 2 aromatic rings. The van der Waals surface area contributed by atoms with E-state index in [9.17, 15) is 4.79 Å². The average molecular weight is 359 g/mol. The first-order chi connectivity index (χ1) is 8.86. The van der Waals surface area contributed by atoms with Crippen molar-refractivity contribution in [2.75, 3.05) is 0 Å². The summed E-state index contributed by atoms with van der Waals surface area (Å²) in [4.78, 5) is 18.1. The monoisotopic (exact) mass is 358 g/mol. The number of nitrogens with one attached hydrogen (secondary N) is 1. The van der Waals surface area contributed by atoms with Gasteiger partial charge in [-0.15, -0.1) is 22.7 Å². The summed E-state index contributed by atoms with van der Waals surface area (Å²) < 4.78 is 1.07. The van der Waals surface area contributed by atoms with E-state index in [1.807, 2.05) is 12.1 Å². The topological polar surface area (TPSA) is 42.0 Å². The van der Waals surface area contributed by atoms with Crippen molar-refractivity contribution in [1.82, 2.24) is 10.3 Å². The predicted molar refractivity (Wildman–Crippen MR) is 84.0 cm³/mol. The SMILES string of the molecule is CC(C)(C)c1ncc(C(=O)NCc2ccc(Br)s2)s1. The molecular formula is C13H15BrN2OS2. The van der Waals surface area contributed by atoms with E-state index in [2.05, 4.69) is 47.0 Å². The lowest BCUT2D eigenvalue weighted by atomic mass is 9.98. The highest BCUT2D eigenvalue weighted by Crippen LogP contribution is 2.27. The van der Waals surface area contributed by atoms with Crippen LogP contribution in [-0.4, -0.2) is 10.9 Å². The van der Waals surface area contributed by atoms with Crippen molar-refractivity contribution in [3.8, 4) is 0 Å². The number of carbonyl (C=O) groups is 1. The Kier molecular flexibility index (Phi) is 4.43. The fraction of sp³-hybridized carbons (Fsp3) is 0.385. The van der Waals surface area contributed by atoms with Crippen molar-refractivity contribution in [1.29, 1.82) is 0 Å². The maximum Gasteiger partial charge on any atom is 0.263 e. The van der Waals surface area contributed by atoms with Gasteiger partial charge in [0, 0.05) is 10.3 Å². The Labute approximate surface area is 129 Å². The van der Waals surface area contributed by atoms with E-state index >= 15 is 0 Å². The molecule has 0 bridgehead atoms. The number of rotatable bonds is 3. The second-order valence-electron chi connectivity index (χ2n) is 5.17. The molecule has 0 saturated heterocycles. The second kappa shape index (κ2) is 5.73. The van der Waals surface area contributed by atoms with Crippen LogP contribution in [0.15, 0.2) is 22.1 Å². The van der Waals surface area contributed by atoms with Crippen molar-refractivity contribution < 1.29 is 4.79 Å². The first-order valence-corrected chi connectivity index (χ1v) is 8.27. The number of thiophene rings is 1. The van der Waals surface area contributed by atoms with Gasteiger partial charge in [-0.1, -0.05) is 20.8 Å². The van der Waals surface area contributed by atoms with Crippen LogP contribution >= 0.6 is 38.6 Å². The summed E-state index contributed by atoms with van der Waals surface area (Å²) in [6, 6.07) is 3.98. The van der Waals surface area contributed by atoms with Gasteiger partial charge in [0.15, 0.2) is 0 Å². The van der Waals surface area contributed by atoms with Gasteiger partial charge in [-0.25, -0.2) is 4.98 Å². The van der Waals surface area contributed by atoms with Crippen molar-refractivity contribution in [2.45, 2.75) is 32.7 Å². The Hall–Kier alpha value is -0.720. The first kappa shape index (κ1) is 14.7. The number of nitrogens with zero attached hydrogens (tertiary/aromatic N) is 1. The molecule has 102 valence electrons. The number of amides is 1. The maximum atomic E-state index is 12.0. The number of carbonyl (C=O) groups excluding carboxylic acids is 1. The zero-order valence-corrected chi connectivity index (χ0v) is 14.2. The highest BCUT2D eigenvalue weighted by Gasteiger charge is 2.20. The smallest absolute Gasteiger partial charge is 0.263 e. The molecular weight excluding hydrogens is 344 g/mol. The number of thiazole rings is 1. The highest BCUT2D eigenvalue weighted by molar-refractivity contribution is 9.11. The van der Waals surface area contributed by atoms with Gasteiger partial charge in [0.05, 0.1) is 21.5 Å². The molecule has 0 aliphatic carbocycles. The van der Waals surface area contributed by atoms with E-state index < -0.39 is 0 Å². The molecule has 1 amide bonds. The lowest BCUT2D eigenvalue weighted by molar-refractivity contribution is 0.0955. The Morgan fingerprint density at radius 3 is 2.63 bits per heavy atom. The van der Waals surface area contributed by atoms with Gasteiger partial charge in [0.2, 0.25) is 0 Å². The largest absolute Gasteiger partial charge is 0.346 e. The van der Waals surface area contributed by atoms with Crippen molar-refractivity contribution in [3.63, 3.8) is 0 Å². The van der Waals surface area contributed by atoms with Crippen LogP contribution in [0, 0.1) is 0 Å². The van der Waals surface area contributed by atoms with Crippen LogP contribution in [0.4, 0.5) is 0 Å². The molecule has 1 N–H and O–H groups in total. The zero-order valence-electron chi connectivity index (χ0n) is 11.0. The predicted octanol–water partition coefficient (Wildman–Crippen LogP) is 4.19. The van der Waals surface area contributed by atoms with Crippen LogP contribution in [0.5, 0.6) is 0 Å². The summed E-state index contributed by atoms with van der Waals surface area (Å²) in [6.45, 7) is 6.84.